The first-order valence-corrected chi connectivity index (χ1v) is 11.2. The summed E-state index contributed by atoms with van der Waals surface area (Å²) in [7, 11) is 0. The van der Waals surface area contributed by atoms with Gasteiger partial charge in [-0.2, -0.15) is 5.26 Å². The highest BCUT2D eigenvalue weighted by Crippen LogP contribution is 2.35. The summed E-state index contributed by atoms with van der Waals surface area (Å²) in [5.74, 6) is 0.127. The number of para-hydroxylation sites is 1. The van der Waals surface area contributed by atoms with Crippen molar-refractivity contribution in [1.82, 2.24) is 4.90 Å². The average Bonchev–Trinajstić information content (AvgIpc) is 3.13. The molecule has 1 fully saturated rings. The summed E-state index contributed by atoms with van der Waals surface area (Å²) in [6.07, 6.45) is 1.79. The second-order valence-corrected chi connectivity index (χ2v) is 8.14. The molecule has 164 valence electrons. The van der Waals surface area contributed by atoms with Crippen molar-refractivity contribution in [2.24, 2.45) is 4.99 Å². The molecule has 0 radical (unpaired) electrons. The van der Waals surface area contributed by atoms with Gasteiger partial charge in [0.25, 0.3) is 5.91 Å². The van der Waals surface area contributed by atoms with Crippen molar-refractivity contribution in [3.8, 4) is 11.8 Å². The van der Waals surface area contributed by atoms with Gasteiger partial charge in [0.1, 0.15) is 18.2 Å². The van der Waals surface area contributed by atoms with E-state index >= 15 is 0 Å². The SMILES string of the molecule is CCN1C(=O)/C(=C\c2ccccc2OCc2ccccc2C#N)SC1=Nc1ccc(F)cc1. The zero-order valence-electron chi connectivity index (χ0n) is 17.9. The Kier molecular flexibility index (Phi) is 6.86. The third-order valence-electron chi connectivity index (χ3n) is 4.98. The lowest BCUT2D eigenvalue weighted by Crippen LogP contribution is -2.28. The van der Waals surface area contributed by atoms with E-state index in [2.05, 4.69) is 11.1 Å². The number of nitriles is 1. The molecule has 0 unspecified atom stereocenters. The summed E-state index contributed by atoms with van der Waals surface area (Å²) >= 11 is 1.27. The number of halogens is 1. The van der Waals surface area contributed by atoms with Crippen molar-refractivity contribution < 1.29 is 13.9 Å². The highest BCUT2D eigenvalue weighted by atomic mass is 32.2. The molecule has 0 aliphatic carbocycles. The summed E-state index contributed by atoms with van der Waals surface area (Å²) in [5, 5.41) is 9.83. The standard InChI is InChI=1S/C26H20FN3O2S/c1-2-30-25(31)24(33-26(30)29-22-13-11-21(27)12-14-22)15-18-7-5-6-10-23(18)32-17-20-9-4-3-8-19(20)16-28/h3-15H,2,17H2,1H3/b24-15+,29-26?. The number of amidine groups is 1. The van der Waals surface area contributed by atoms with Gasteiger partial charge >= 0.3 is 0 Å². The molecule has 0 bridgehead atoms. The third-order valence-corrected chi connectivity index (χ3v) is 5.99. The molecule has 0 atom stereocenters. The molecule has 3 aromatic rings. The third kappa shape index (κ3) is 5.13. The molecular weight excluding hydrogens is 437 g/mol. The van der Waals surface area contributed by atoms with Gasteiger partial charge in [-0.1, -0.05) is 36.4 Å². The molecule has 7 heteroatoms. The number of aliphatic imine (C=N–C) groups is 1. The number of carbonyl (C=O) groups excluding carboxylic acids is 1. The maximum absolute atomic E-state index is 13.2. The molecule has 4 rings (SSSR count). The molecule has 33 heavy (non-hydrogen) atoms. The Bertz CT molecular complexity index is 1280. The number of amides is 1. The van der Waals surface area contributed by atoms with Crippen molar-refractivity contribution in [3.05, 3.63) is 100 Å². The molecule has 0 saturated carbocycles. The van der Waals surface area contributed by atoms with Gasteiger partial charge in [0, 0.05) is 17.7 Å². The quantitative estimate of drug-likeness (QED) is 0.432. The van der Waals surface area contributed by atoms with Crippen LogP contribution in [0.3, 0.4) is 0 Å². The Hall–Kier alpha value is -3.89. The van der Waals surface area contributed by atoms with E-state index in [1.165, 1.54) is 23.9 Å². The minimum absolute atomic E-state index is 0.145. The van der Waals surface area contributed by atoms with Crippen LogP contribution in [-0.4, -0.2) is 22.5 Å². The predicted molar refractivity (Wildman–Crippen MR) is 128 cm³/mol. The van der Waals surface area contributed by atoms with Crippen LogP contribution in [0.4, 0.5) is 10.1 Å². The zero-order valence-corrected chi connectivity index (χ0v) is 18.7. The zero-order chi connectivity index (χ0) is 23.2. The number of likely N-dealkylation sites (N-methyl/N-ethyl adjacent to an activating group) is 1. The monoisotopic (exact) mass is 457 g/mol. The number of carbonyl (C=O) groups is 1. The summed E-state index contributed by atoms with van der Waals surface area (Å²) < 4.78 is 19.2. The van der Waals surface area contributed by atoms with Crippen molar-refractivity contribution >= 4 is 34.6 Å². The molecule has 5 nitrogen and oxygen atoms in total. The van der Waals surface area contributed by atoms with Gasteiger partial charge in [-0.25, -0.2) is 9.38 Å². The molecule has 1 heterocycles. The topological polar surface area (TPSA) is 65.7 Å². The van der Waals surface area contributed by atoms with Crippen molar-refractivity contribution in [1.29, 1.82) is 5.26 Å². The van der Waals surface area contributed by atoms with Crippen LogP contribution in [0.2, 0.25) is 0 Å². The molecule has 1 amide bonds. The molecule has 1 aliphatic heterocycles. The largest absolute Gasteiger partial charge is 0.488 e. The number of hydrogen-bond acceptors (Lipinski definition) is 5. The highest BCUT2D eigenvalue weighted by molar-refractivity contribution is 8.18. The van der Waals surface area contributed by atoms with Gasteiger partial charge in [-0.05, 0) is 61.2 Å². The van der Waals surface area contributed by atoms with E-state index in [0.717, 1.165) is 11.1 Å². The van der Waals surface area contributed by atoms with Gasteiger partial charge in [0.05, 0.1) is 22.2 Å². The number of hydrogen-bond donors (Lipinski definition) is 0. The van der Waals surface area contributed by atoms with Gasteiger partial charge < -0.3 is 4.74 Å². The predicted octanol–water partition coefficient (Wildman–Crippen LogP) is 5.90. The van der Waals surface area contributed by atoms with E-state index in [-0.39, 0.29) is 18.3 Å². The van der Waals surface area contributed by atoms with Gasteiger partial charge in [0.15, 0.2) is 5.17 Å². The molecule has 1 aliphatic rings. The Balaban J connectivity index is 1.59. The first kappa shape index (κ1) is 22.3. The van der Waals surface area contributed by atoms with Crippen LogP contribution in [0.5, 0.6) is 5.75 Å². The van der Waals surface area contributed by atoms with Crippen LogP contribution < -0.4 is 4.74 Å². The Morgan fingerprint density at radius 3 is 2.58 bits per heavy atom. The van der Waals surface area contributed by atoms with Crippen LogP contribution in [0, 0.1) is 17.1 Å². The summed E-state index contributed by atoms with van der Waals surface area (Å²) in [6, 6.07) is 22.7. The molecule has 0 aromatic heterocycles. The van der Waals surface area contributed by atoms with E-state index in [9.17, 15) is 14.4 Å². The van der Waals surface area contributed by atoms with Gasteiger partial charge in [0.2, 0.25) is 0 Å². The number of ether oxygens (including phenoxy) is 1. The molecule has 3 aromatic carbocycles. The van der Waals surface area contributed by atoms with Crippen LogP contribution in [-0.2, 0) is 11.4 Å². The first-order chi connectivity index (χ1) is 16.1. The Morgan fingerprint density at radius 2 is 1.82 bits per heavy atom. The van der Waals surface area contributed by atoms with Gasteiger partial charge in [-0.3, -0.25) is 9.69 Å². The maximum Gasteiger partial charge on any atom is 0.266 e. The minimum atomic E-state index is -0.337. The second kappa shape index (κ2) is 10.2. The van der Waals surface area contributed by atoms with Crippen molar-refractivity contribution in [2.75, 3.05) is 6.54 Å². The Morgan fingerprint density at radius 1 is 1.09 bits per heavy atom. The lowest BCUT2D eigenvalue weighted by Gasteiger charge is -2.12. The summed E-state index contributed by atoms with van der Waals surface area (Å²) in [5.41, 5.74) is 2.68. The Labute approximate surface area is 195 Å². The fourth-order valence-corrected chi connectivity index (χ4v) is 4.33. The fourth-order valence-electron chi connectivity index (χ4n) is 3.28. The first-order valence-electron chi connectivity index (χ1n) is 10.3. The van der Waals surface area contributed by atoms with E-state index in [4.69, 9.17) is 4.74 Å². The van der Waals surface area contributed by atoms with E-state index < -0.39 is 0 Å². The van der Waals surface area contributed by atoms with Crippen LogP contribution in [0.15, 0.2) is 82.7 Å². The number of thioether (sulfide) groups is 1. The number of nitrogens with zero attached hydrogens (tertiary/aromatic N) is 3. The van der Waals surface area contributed by atoms with Crippen LogP contribution >= 0.6 is 11.8 Å². The second-order valence-electron chi connectivity index (χ2n) is 7.13. The number of benzene rings is 3. The lowest BCUT2D eigenvalue weighted by molar-refractivity contribution is -0.122. The van der Waals surface area contributed by atoms with E-state index in [1.807, 2.05) is 49.4 Å². The van der Waals surface area contributed by atoms with E-state index in [0.29, 0.717) is 33.6 Å². The normalized spacial score (nSPS) is 15.8. The number of rotatable bonds is 6. The van der Waals surface area contributed by atoms with Crippen molar-refractivity contribution in [3.63, 3.8) is 0 Å². The van der Waals surface area contributed by atoms with Crippen LogP contribution in [0.25, 0.3) is 6.08 Å². The average molecular weight is 458 g/mol. The highest BCUT2D eigenvalue weighted by Gasteiger charge is 2.32. The minimum Gasteiger partial charge on any atom is -0.488 e. The lowest BCUT2D eigenvalue weighted by atomic mass is 10.1. The van der Waals surface area contributed by atoms with E-state index in [1.54, 1.807) is 29.2 Å². The van der Waals surface area contributed by atoms with Crippen LogP contribution in [0.1, 0.15) is 23.6 Å². The van der Waals surface area contributed by atoms with Gasteiger partial charge in [-0.15, -0.1) is 0 Å². The summed E-state index contributed by atoms with van der Waals surface area (Å²) in [4.78, 5) is 19.6. The maximum atomic E-state index is 13.2. The molecular formula is C26H20FN3O2S. The molecule has 0 spiro atoms. The van der Waals surface area contributed by atoms with Crippen molar-refractivity contribution in [2.45, 2.75) is 13.5 Å². The fraction of sp³-hybridized carbons (Fsp3) is 0.115. The summed E-state index contributed by atoms with van der Waals surface area (Å²) in [6.45, 7) is 2.58. The molecule has 1 saturated heterocycles. The molecule has 0 N–H and O–H groups in total. The smallest absolute Gasteiger partial charge is 0.266 e.